The van der Waals surface area contributed by atoms with Crippen molar-refractivity contribution in [3.05, 3.63) is 46.2 Å². The average Bonchev–Trinajstić information content (AvgIpc) is 2.83. The number of H-pyrrole nitrogens is 1. The number of benzene rings is 1. The van der Waals surface area contributed by atoms with Crippen LogP contribution < -0.4 is 11.3 Å². The van der Waals surface area contributed by atoms with Gasteiger partial charge in [0.25, 0.3) is 5.56 Å². The molecule has 0 fully saturated rings. The third-order valence-corrected chi connectivity index (χ3v) is 3.02. The quantitative estimate of drug-likeness (QED) is 0.604. The summed E-state index contributed by atoms with van der Waals surface area (Å²) in [6, 6.07) is 10.3. The van der Waals surface area contributed by atoms with Crippen molar-refractivity contribution in [2.75, 3.05) is 5.73 Å². The molecule has 1 aromatic carbocycles. The van der Waals surface area contributed by atoms with Crippen LogP contribution in [0.3, 0.4) is 0 Å². The summed E-state index contributed by atoms with van der Waals surface area (Å²) in [6.45, 7) is 0. The summed E-state index contributed by atoms with van der Waals surface area (Å²) in [4.78, 5) is 12.3. The maximum absolute atomic E-state index is 12.3. The van der Waals surface area contributed by atoms with Crippen LogP contribution in [0.25, 0.3) is 16.6 Å². The van der Waals surface area contributed by atoms with Crippen LogP contribution in [0.4, 0.5) is 5.82 Å². The van der Waals surface area contributed by atoms with Crippen LogP contribution in [0.2, 0.25) is 0 Å². The molecular weight excluding hydrogens is 258 g/mol. The second-order valence-electron chi connectivity index (χ2n) is 4.15. The summed E-state index contributed by atoms with van der Waals surface area (Å²) in [5, 5.41) is 25.8. The van der Waals surface area contributed by atoms with E-state index in [1.165, 1.54) is 0 Å². The highest BCUT2D eigenvalue weighted by Crippen LogP contribution is 2.29. The van der Waals surface area contributed by atoms with Crippen molar-refractivity contribution in [1.29, 1.82) is 5.26 Å². The monoisotopic (exact) mass is 267 g/mol. The van der Waals surface area contributed by atoms with Gasteiger partial charge >= 0.3 is 0 Å². The van der Waals surface area contributed by atoms with Gasteiger partial charge in [0, 0.05) is 0 Å². The van der Waals surface area contributed by atoms with Gasteiger partial charge in [-0.05, 0) is 12.1 Å². The number of aromatic hydroxyl groups is 1. The molecule has 3 rings (SSSR count). The van der Waals surface area contributed by atoms with E-state index in [9.17, 15) is 9.90 Å². The van der Waals surface area contributed by atoms with E-state index >= 15 is 0 Å². The molecule has 0 aliphatic rings. The molecule has 0 atom stereocenters. The van der Waals surface area contributed by atoms with Crippen LogP contribution in [-0.2, 0) is 0 Å². The number of rotatable bonds is 1. The average molecular weight is 267 g/mol. The maximum atomic E-state index is 12.3. The zero-order valence-corrected chi connectivity index (χ0v) is 10.2. The van der Waals surface area contributed by atoms with Crippen LogP contribution >= 0.6 is 0 Å². The first kappa shape index (κ1) is 11.8. The molecule has 0 radical (unpaired) electrons. The van der Waals surface area contributed by atoms with E-state index in [1.54, 1.807) is 30.3 Å². The summed E-state index contributed by atoms with van der Waals surface area (Å²) in [5.74, 6) is -0.319. The number of hydrogen-bond acceptors (Lipinski definition) is 5. The van der Waals surface area contributed by atoms with E-state index in [0.29, 0.717) is 5.69 Å². The highest BCUT2D eigenvalue weighted by molar-refractivity contribution is 5.96. The number of hydrogen-bond donors (Lipinski definition) is 3. The molecule has 0 spiro atoms. The fourth-order valence-electron chi connectivity index (χ4n) is 2.11. The predicted molar refractivity (Wildman–Crippen MR) is 72.5 cm³/mol. The molecule has 0 amide bonds. The Morgan fingerprint density at radius 3 is 2.70 bits per heavy atom. The summed E-state index contributed by atoms with van der Waals surface area (Å²) in [7, 11) is 0. The number of nitrogens with zero attached hydrogens (tertiary/aromatic N) is 3. The number of nitrogen functional groups attached to an aromatic ring is 1. The predicted octanol–water partition coefficient (Wildman–Crippen LogP) is 0.873. The van der Waals surface area contributed by atoms with Gasteiger partial charge in [-0.3, -0.25) is 9.89 Å². The third-order valence-electron chi connectivity index (χ3n) is 3.02. The fraction of sp³-hybridized carbons (Fsp3) is 0. The smallest absolute Gasteiger partial charge is 0.278 e. The molecule has 0 bridgehead atoms. The number of fused-ring (bicyclic) bond motifs is 1. The van der Waals surface area contributed by atoms with Crippen molar-refractivity contribution in [2.24, 2.45) is 0 Å². The Morgan fingerprint density at radius 1 is 1.35 bits per heavy atom. The lowest BCUT2D eigenvalue weighted by molar-refractivity contribution is 0.443. The summed E-state index contributed by atoms with van der Waals surface area (Å²) in [5.41, 5.74) is 5.47. The Labute approximate surface area is 112 Å². The normalized spacial score (nSPS) is 10.6. The lowest BCUT2D eigenvalue weighted by Gasteiger charge is -2.10. The van der Waals surface area contributed by atoms with E-state index in [4.69, 9.17) is 11.0 Å². The van der Waals surface area contributed by atoms with Gasteiger partial charge in [-0.1, -0.05) is 18.2 Å². The Hall–Kier alpha value is -3.27. The van der Waals surface area contributed by atoms with Crippen molar-refractivity contribution in [1.82, 2.24) is 14.8 Å². The first-order chi connectivity index (χ1) is 9.65. The van der Waals surface area contributed by atoms with Gasteiger partial charge in [-0.25, -0.2) is 4.57 Å². The van der Waals surface area contributed by atoms with Crippen molar-refractivity contribution in [2.45, 2.75) is 0 Å². The Bertz CT molecular complexity index is 902. The van der Waals surface area contributed by atoms with Gasteiger partial charge in [-0.15, -0.1) is 0 Å². The minimum absolute atomic E-state index is 0.0266. The molecule has 20 heavy (non-hydrogen) atoms. The number of nitriles is 1. The van der Waals surface area contributed by atoms with E-state index in [0.717, 1.165) is 4.57 Å². The summed E-state index contributed by atoms with van der Waals surface area (Å²) >= 11 is 0. The lowest BCUT2D eigenvalue weighted by atomic mass is 10.2. The molecule has 3 aromatic rings. The third kappa shape index (κ3) is 1.45. The molecule has 0 unspecified atom stereocenters. The van der Waals surface area contributed by atoms with Crippen LogP contribution in [-0.4, -0.2) is 19.9 Å². The molecule has 7 heteroatoms. The van der Waals surface area contributed by atoms with Crippen molar-refractivity contribution in [3.8, 4) is 17.6 Å². The maximum Gasteiger partial charge on any atom is 0.278 e. The highest BCUT2D eigenvalue weighted by Gasteiger charge is 2.20. The zero-order chi connectivity index (χ0) is 14.3. The second kappa shape index (κ2) is 4.13. The number of nitrogens with one attached hydrogen (secondary N) is 1. The number of para-hydroxylation sites is 1. The van der Waals surface area contributed by atoms with E-state index in [1.807, 2.05) is 6.07 Å². The van der Waals surface area contributed by atoms with Gasteiger partial charge < -0.3 is 10.8 Å². The minimum atomic E-state index is -0.632. The number of pyridine rings is 1. The number of aromatic amines is 1. The van der Waals surface area contributed by atoms with Crippen LogP contribution in [0.15, 0.2) is 35.1 Å². The fourth-order valence-corrected chi connectivity index (χ4v) is 2.11. The van der Waals surface area contributed by atoms with E-state index in [2.05, 4.69) is 10.2 Å². The van der Waals surface area contributed by atoms with Gasteiger partial charge in [0.2, 0.25) is 5.88 Å². The second-order valence-corrected chi connectivity index (χ2v) is 4.15. The minimum Gasteiger partial charge on any atom is -0.494 e. The van der Waals surface area contributed by atoms with Gasteiger partial charge in [0.05, 0.1) is 11.2 Å². The molecule has 2 heterocycles. The van der Waals surface area contributed by atoms with Crippen LogP contribution in [0.1, 0.15) is 5.56 Å². The largest absolute Gasteiger partial charge is 0.494 e. The van der Waals surface area contributed by atoms with Crippen molar-refractivity contribution < 1.29 is 5.11 Å². The molecular formula is C13H9N5O2. The molecule has 2 aromatic heterocycles. The molecule has 7 nitrogen and oxygen atoms in total. The lowest BCUT2D eigenvalue weighted by Crippen LogP contribution is -2.21. The SMILES string of the molecule is N#Cc1c(=O)n(-c2ccccc2)c(O)c2c(N)n[nH]c12. The molecule has 4 N–H and O–H groups in total. The first-order valence-corrected chi connectivity index (χ1v) is 5.72. The Balaban J connectivity index is 2.54. The number of aromatic nitrogens is 3. The van der Waals surface area contributed by atoms with Crippen LogP contribution in [0.5, 0.6) is 5.88 Å². The summed E-state index contributed by atoms with van der Waals surface area (Å²) in [6.07, 6.45) is 0. The molecule has 98 valence electrons. The molecule has 0 aliphatic heterocycles. The first-order valence-electron chi connectivity index (χ1n) is 5.72. The van der Waals surface area contributed by atoms with Crippen molar-refractivity contribution in [3.63, 3.8) is 0 Å². The van der Waals surface area contributed by atoms with Gasteiger partial charge in [0.15, 0.2) is 5.82 Å². The summed E-state index contributed by atoms with van der Waals surface area (Å²) < 4.78 is 1.03. The Kier molecular flexibility index (Phi) is 2.44. The highest BCUT2D eigenvalue weighted by atomic mass is 16.3. The number of anilines is 1. The number of nitrogens with two attached hydrogens (primary N) is 1. The topological polar surface area (TPSA) is 121 Å². The molecule has 0 saturated carbocycles. The standard InChI is InChI=1S/C13H9N5O2/c14-6-8-10-9(11(15)17-16-10)13(20)18(12(8)19)7-4-2-1-3-5-7/h1-5,16,20H,(H2,15,17). The van der Waals surface area contributed by atoms with Gasteiger partial charge in [-0.2, -0.15) is 10.4 Å². The van der Waals surface area contributed by atoms with E-state index in [-0.39, 0.29) is 28.2 Å². The van der Waals surface area contributed by atoms with Gasteiger partial charge in [0.1, 0.15) is 17.0 Å². The Morgan fingerprint density at radius 2 is 2.05 bits per heavy atom. The molecule has 0 saturated heterocycles. The van der Waals surface area contributed by atoms with Crippen molar-refractivity contribution >= 4 is 16.7 Å². The molecule has 0 aliphatic carbocycles. The van der Waals surface area contributed by atoms with E-state index < -0.39 is 5.56 Å². The van der Waals surface area contributed by atoms with Crippen LogP contribution in [0, 0.1) is 11.3 Å². The zero-order valence-electron chi connectivity index (χ0n) is 10.2.